The molecular formula is C22H23ClN6OS. The number of carbonyl (C=O) groups is 1. The maximum absolute atomic E-state index is 13.3. The number of aromatic amines is 1. The second kappa shape index (κ2) is 8.74. The fraction of sp³-hybridized carbons (Fsp3) is 0.273. The minimum atomic E-state index is -0.119. The molecule has 3 heterocycles. The molecule has 1 aromatic carbocycles. The first kappa shape index (κ1) is 21.4. The van der Waals surface area contributed by atoms with Crippen LogP contribution in [0, 0.1) is 6.92 Å². The molecule has 1 amide bonds. The summed E-state index contributed by atoms with van der Waals surface area (Å²) < 4.78 is 0. The number of aromatic nitrogens is 4. The molecule has 0 aliphatic carbocycles. The Balaban J connectivity index is 1.81. The van der Waals surface area contributed by atoms with Crippen molar-refractivity contribution in [1.82, 2.24) is 30.0 Å². The van der Waals surface area contributed by atoms with Crippen LogP contribution >= 0.6 is 22.9 Å². The van der Waals surface area contributed by atoms with Crippen LogP contribution in [0.15, 0.2) is 36.7 Å². The predicted molar refractivity (Wildman–Crippen MR) is 126 cm³/mol. The predicted octanol–water partition coefficient (Wildman–Crippen LogP) is 4.34. The number of fused-ring (bicyclic) bond motifs is 1. The van der Waals surface area contributed by atoms with Gasteiger partial charge in [-0.05, 0) is 44.8 Å². The fourth-order valence-electron chi connectivity index (χ4n) is 3.25. The Hall–Kier alpha value is -2.81. The largest absolute Gasteiger partial charge is 0.339 e. The van der Waals surface area contributed by atoms with Crippen LogP contribution < -0.4 is 0 Å². The zero-order chi connectivity index (χ0) is 22.1. The van der Waals surface area contributed by atoms with Crippen molar-refractivity contribution >= 4 is 39.7 Å². The molecule has 9 heteroatoms. The molecule has 0 bridgehead atoms. The Labute approximate surface area is 189 Å². The zero-order valence-electron chi connectivity index (χ0n) is 17.8. The van der Waals surface area contributed by atoms with Crippen molar-refractivity contribution in [3.63, 3.8) is 0 Å². The Morgan fingerprint density at radius 2 is 2.00 bits per heavy atom. The normalized spacial score (nSPS) is 11.4. The smallest absolute Gasteiger partial charge is 0.273 e. The van der Waals surface area contributed by atoms with Gasteiger partial charge in [-0.25, -0.2) is 4.98 Å². The van der Waals surface area contributed by atoms with Gasteiger partial charge >= 0.3 is 0 Å². The maximum Gasteiger partial charge on any atom is 0.273 e. The molecule has 4 aromatic rings. The summed E-state index contributed by atoms with van der Waals surface area (Å²) in [4.78, 5) is 26.8. The van der Waals surface area contributed by atoms with Gasteiger partial charge in [-0.2, -0.15) is 5.10 Å². The fourth-order valence-corrected chi connectivity index (χ4v) is 4.46. The summed E-state index contributed by atoms with van der Waals surface area (Å²) in [6.45, 7) is 3.31. The molecule has 7 nitrogen and oxygen atoms in total. The number of nitrogens with zero attached hydrogens (tertiary/aromatic N) is 5. The number of likely N-dealkylation sites (N-methyl/N-ethyl adjacent to an activating group) is 2. The van der Waals surface area contributed by atoms with Gasteiger partial charge in [-0.3, -0.25) is 14.9 Å². The van der Waals surface area contributed by atoms with Gasteiger partial charge < -0.3 is 9.80 Å². The number of carbonyl (C=O) groups excluding carboxylic acids is 1. The van der Waals surface area contributed by atoms with Crippen LogP contribution in [0.1, 0.15) is 16.1 Å². The summed E-state index contributed by atoms with van der Waals surface area (Å²) >= 11 is 7.71. The molecule has 0 radical (unpaired) electrons. The zero-order valence-corrected chi connectivity index (χ0v) is 19.4. The van der Waals surface area contributed by atoms with E-state index in [9.17, 15) is 4.79 Å². The van der Waals surface area contributed by atoms with E-state index >= 15 is 0 Å². The lowest BCUT2D eigenvalue weighted by molar-refractivity contribution is 0.0782. The third kappa shape index (κ3) is 4.19. The summed E-state index contributed by atoms with van der Waals surface area (Å²) in [7, 11) is 5.77. The lowest BCUT2D eigenvalue weighted by Crippen LogP contribution is -2.33. The summed E-state index contributed by atoms with van der Waals surface area (Å²) in [5, 5.41) is 9.82. The molecule has 3 aromatic heterocycles. The second-order valence-corrected chi connectivity index (χ2v) is 9.04. The van der Waals surface area contributed by atoms with Crippen molar-refractivity contribution in [1.29, 1.82) is 0 Å². The summed E-state index contributed by atoms with van der Waals surface area (Å²) in [6, 6.07) is 7.58. The molecule has 0 saturated carbocycles. The summed E-state index contributed by atoms with van der Waals surface area (Å²) in [5.74, 6) is -0.119. The third-order valence-corrected chi connectivity index (χ3v) is 6.64. The van der Waals surface area contributed by atoms with Gasteiger partial charge in [0, 0.05) is 48.5 Å². The first-order valence-electron chi connectivity index (χ1n) is 9.81. The standard InChI is InChI=1S/C22H23ClN6OS/c1-13-16(23)8-7-15-17(13)26-27-18(15)21-25-19(22(30)29(4)11-10-28(2)3)20(31-21)14-6-5-9-24-12-14/h5-9,12H,10-11H2,1-4H3,(H,26,27). The van der Waals surface area contributed by atoms with Crippen molar-refractivity contribution in [3.05, 3.63) is 52.9 Å². The Kier molecular flexibility index (Phi) is 6.04. The minimum Gasteiger partial charge on any atom is -0.339 e. The number of amides is 1. The van der Waals surface area contributed by atoms with Crippen molar-refractivity contribution < 1.29 is 4.79 Å². The topological polar surface area (TPSA) is 78.0 Å². The van der Waals surface area contributed by atoms with Crippen LogP contribution in [0.3, 0.4) is 0 Å². The number of thiazole rings is 1. The molecule has 0 aliphatic rings. The van der Waals surface area contributed by atoms with Crippen LogP contribution in [0.5, 0.6) is 0 Å². The highest BCUT2D eigenvalue weighted by Crippen LogP contribution is 2.38. The molecule has 0 atom stereocenters. The van der Waals surface area contributed by atoms with Crippen LogP contribution in [-0.4, -0.2) is 70.1 Å². The van der Waals surface area contributed by atoms with E-state index in [1.165, 1.54) is 11.3 Å². The number of pyridine rings is 1. The number of hydrogen-bond acceptors (Lipinski definition) is 6. The van der Waals surface area contributed by atoms with E-state index < -0.39 is 0 Å². The van der Waals surface area contributed by atoms with Crippen LogP contribution in [-0.2, 0) is 0 Å². The average molecular weight is 455 g/mol. The molecule has 160 valence electrons. The van der Waals surface area contributed by atoms with E-state index in [-0.39, 0.29) is 5.91 Å². The SMILES string of the molecule is Cc1c(Cl)ccc2c(-c3nc(C(=O)N(C)CCN(C)C)c(-c4cccnc4)s3)[nH]nc12. The quantitative estimate of drug-likeness (QED) is 0.468. The Morgan fingerprint density at radius 3 is 2.71 bits per heavy atom. The third-order valence-electron chi connectivity index (χ3n) is 5.11. The number of nitrogens with one attached hydrogen (secondary N) is 1. The summed E-state index contributed by atoms with van der Waals surface area (Å²) in [5.41, 5.74) is 3.77. The lowest BCUT2D eigenvalue weighted by Gasteiger charge is -2.19. The van der Waals surface area contributed by atoms with Gasteiger partial charge in [0.15, 0.2) is 0 Å². The number of H-pyrrole nitrogens is 1. The highest BCUT2D eigenvalue weighted by Gasteiger charge is 2.25. The molecule has 4 rings (SSSR count). The molecular weight excluding hydrogens is 432 g/mol. The second-order valence-electron chi connectivity index (χ2n) is 7.64. The van der Waals surface area contributed by atoms with Crippen molar-refractivity contribution in [2.75, 3.05) is 34.2 Å². The average Bonchev–Trinajstić information content (AvgIpc) is 3.39. The molecule has 0 spiro atoms. The van der Waals surface area contributed by atoms with Crippen molar-refractivity contribution in [2.24, 2.45) is 0 Å². The van der Waals surface area contributed by atoms with E-state index in [4.69, 9.17) is 16.6 Å². The minimum absolute atomic E-state index is 0.119. The molecule has 0 fully saturated rings. The molecule has 1 N–H and O–H groups in total. The molecule has 0 unspecified atom stereocenters. The number of rotatable bonds is 6. The number of hydrogen-bond donors (Lipinski definition) is 1. The van der Waals surface area contributed by atoms with E-state index in [0.717, 1.165) is 39.1 Å². The first-order valence-corrected chi connectivity index (χ1v) is 11.0. The molecule has 0 saturated heterocycles. The molecule has 31 heavy (non-hydrogen) atoms. The number of halogens is 1. The Morgan fingerprint density at radius 1 is 1.19 bits per heavy atom. The number of benzene rings is 1. The van der Waals surface area contributed by atoms with Crippen molar-refractivity contribution in [3.8, 4) is 21.1 Å². The van der Waals surface area contributed by atoms with E-state index in [1.54, 1.807) is 24.3 Å². The van der Waals surface area contributed by atoms with Gasteiger partial charge in [0.2, 0.25) is 0 Å². The molecule has 0 aliphatic heterocycles. The lowest BCUT2D eigenvalue weighted by atomic mass is 10.1. The van der Waals surface area contributed by atoms with Crippen molar-refractivity contribution in [2.45, 2.75) is 6.92 Å². The highest BCUT2D eigenvalue weighted by molar-refractivity contribution is 7.18. The monoisotopic (exact) mass is 454 g/mol. The van der Waals surface area contributed by atoms with Crippen LogP contribution in [0.4, 0.5) is 0 Å². The van der Waals surface area contributed by atoms with Crippen LogP contribution in [0.2, 0.25) is 5.02 Å². The van der Waals surface area contributed by atoms with Gasteiger partial charge in [0.25, 0.3) is 5.91 Å². The summed E-state index contributed by atoms with van der Waals surface area (Å²) in [6.07, 6.45) is 3.47. The number of aryl methyl sites for hydroxylation is 1. The Bertz CT molecular complexity index is 1230. The first-order chi connectivity index (χ1) is 14.9. The van der Waals surface area contributed by atoms with Gasteiger partial charge in [0.1, 0.15) is 16.4 Å². The van der Waals surface area contributed by atoms with E-state index in [0.29, 0.717) is 22.3 Å². The highest BCUT2D eigenvalue weighted by atomic mass is 35.5. The van der Waals surface area contributed by atoms with E-state index in [2.05, 4.69) is 15.2 Å². The maximum atomic E-state index is 13.3. The van der Waals surface area contributed by atoms with Crippen LogP contribution in [0.25, 0.3) is 32.0 Å². The van der Waals surface area contributed by atoms with Gasteiger partial charge in [0.05, 0.1) is 10.4 Å². The van der Waals surface area contributed by atoms with E-state index in [1.807, 2.05) is 50.2 Å². The van der Waals surface area contributed by atoms with Gasteiger partial charge in [-0.15, -0.1) is 11.3 Å². The van der Waals surface area contributed by atoms with Gasteiger partial charge in [-0.1, -0.05) is 17.7 Å².